The Morgan fingerprint density at radius 1 is 1.25 bits per heavy atom. The summed E-state index contributed by atoms with van der Waals surface area (Å²) in [4.78, 5) is 29.6. The molecule has 0 atom stereocenters. The van der Waals surface area contributed by atoms with E-state index in [9.17, 15) is 25.0 Å². The highest BCUT2D eigenvalue weighted by Gasteiger charge is 2.21. The van der Waals surface area contributed by atoms with Crippen molar-refractivity contribution in [1.29, 1.82) is 0 Å². The number of nitro groups is 2. The molecular formula is C7H3ClN2O6. The first-order valence-corrected chi connectivity index (χ1v) is 4.09. The fourth-order valence-corrected chi connectivity index (χ4v) is 1.02. The fraction of sp³-hybridized carbons (Fsp3) is 0. The van der Waals surface area contributed by atoms with Crippen molar-refractivity contribution in [2.45, 2.75) is 0 Å². The van der Waals surface area contributed by atoms with Gasteiger partial charge in [-0.05, 0) is 6.07 Å². The van der Waals surface area contributed by atoms with Crippen LogP contribution in [0, 0.1) is 20.2 Å². The second-order valence-electron chi connectivity index (χ2n) is 2.51. The molecule has 0 radical (unpaired) electrons. The van der Waals surface area contributed by atoms with E-state index in [1.807, 2.05) is 0 Å². The lowest BCUT2D eigenvalue weighted by atomic mass is 10.2. The average molecular weight is 247 g/mol. The molecule has 1 aromatic carbocycles. The Hall–Kier alpha value is -2.22. The summed E-state index contributed by atoms with van der Waals surface area (Å²) in [7, 11) is 0. The van der Waals surface area contributed by atoms with E-state index in [0.717, 1.165) is 12.1 Å². The van der Waals surface area contributed by atoms with Crippen molar-refractivity contribution in [2.75, 3.05) is 0 Å². The van der Waals surface area contributed by atoms with Crippen molar-refractivity contribution in [2.24, 2.45) is 0 Å². The van der Waals surface area contributed by atoms with E-state index in [-0.39, 0.29) is 0 Å². The number of benzene rings is 1. The smallest absolute Gasteiger partial charge is 0.407 e. The van der Waals surface area contributed by atoms with Crippen LogP contribution in [0.15, 0.2) is 18.2 Å². The first-order chi connectivity index (χ1) is 7.41. The van der Waals surface area contributed by atoms with E-state index in [4.69, 9.17) is 11.6 Å². The SMILES string of the molecule is O=C(Cl)Oc1ccc([N+](=O)[O-])cc1[N+](=O)[O-]. The molecule has 84 valence electrons. The van der Waals surface area contributed by atoms with Gasteiger partial charge in [-0.1, -0.05) is 0 Å². The Labute approximate surface area is 92.7 Å². The predicted octanol–water partition coefficient (Wildman–Crippen LogP) is 2.24. The molecule has 0 fully saturated rings. The van der Waals surface area contributed by atoms with Crippen LogP contribution in [-0.2, 0) is 0 Å². The topological polar surface area (TPSA) is 113 Å². The van der Waals surface area contributed by atoms with Crippen molar-refractivity contribution < 1.29 is 19.4 Å². The van der Waals surface area contributed by atoms with Crippen molar-refractivity contribution in [1.82, 2.24) is 0 Å². The third-order valence-electron chi connectivity index (χ3n) is 1.54. The second kappa shape index (κ2) is 4.53. The summed E-state index contributed by atoms with van der Waals surface area (Å²) < 4.78 is 4.30. The van der Waals surface area contributed by atoms with Crippen LogP contribution >= 0.6 is 11.6 Å². The van der Waals surface area contributed by atoms with Crippen LogP contribution in [0.1, 0.15) is 0 Å². The number of hydrogen-bond donors (Lipinski definition) is 0. The number of carbonyl (C=O) groups is 1. The number of carbonyl (C=O) groups excluding carboxylic acids is 1. The van der Waals surface area contributed by atoms with E-state index < -0.39 is 32.4 Å². The average Bonchev–Trinajstić information content (AvgIpc) is 2.16. The third-order valence-corrected chi connectivity index (χ3v) is 1.62. The van der Waals surface area contributed by atoms with Gasteiger partial charge < -0.3 is 4.74 Å². The molecule has 0 N–H and O–H groups in total. The zero-order valence-corrected chi connectivity index (χ0v) is 8.21. The highest BCUT2D eigenvalue weighted by atomic mass is 35.5. The van der Waals surface area contributed by atoms with Crippen LogP contribution in [0.2, 0.25) is 0 Å². The first kappa shape index (κ1) is 11.9. The predicted molar refractivity (Wildman–Crippen MR) is 51.6 cm³/mol. The lowest BCUT2D eigenvalue weighted by Crippen LogP contribution is -2.01. The number of nitro benzene ring substituents is 2. The maximum atomic E-state index is 10.5. The highest BCUT2D eigenvalue weighted by Crippen LogP contribution is 2.31. The van der Waals surface area contributed by atoms with Crippen molar-refractivity contribution in [3.05, 3.63) is 38.4 Å². The van der Waals surface area contributed by atoms with E-state index in [0.29, 0.717) is 6.07 Å². The van der Waals surface area contributed by atoms with Gasteiger partial charge in [0.15, 0.2) is 0 Å². The molecule has 8 nitrogen and oxygen atoms in total. The maximum absolute atomic E-state index is 10.5. The van der Waals surface area contributed by atoms with Crippen LogP contribution in [0.4, 0.5) is 16.2 Å². The van der Waals surface area contributed by atoms with Gasteiger partial charge in [0, 0.05) is 17.7 Å². The van der Waals surface area contributed by atoms with Gasteiger partial charge in [0.05, 0.1) is 15.9 Å². The zero-order valence-electron chi connectivity index (χ0n) is 7.45. The Morgan fingerprint density at radius 2 is 1.88 bits per heavy atom. The van der Waals surface area contributed by atoms with Gasteiger partial charge in [0.1, 0.15) is 0 Å². The molecule has 0 aromatic heterocycles. The monoisotopic (exact) mass is 246 g/mol. The second-order valence-corrected chi connectivity index (χ2v) is 2.81. The van der Waals surface area contributed by atoms with Crippen LogP contribution in [0.3, 0.4) is 0 Å². The lowest BCUT2D eigenvalue weighted by Gasteiger charge is -2.00. The van der Waals surface area contributed by atoms with Crippen LogP contribution < -0.4 is 4.74 Å². The van der Waals surface area contributed by atoms with Crippen molar-refractivity contribution in [3.8, 4) is 5.75 Å². The quantitative estimate of drug-likeness (QED) is 0.459. The minimum atomic E-state index is -1.27. The Bertz CT molecular complexity index is 474. The van der Waals surface area contributed by atoms with E-state index in [1.165, 1.54) is 0 Å². The largest absolute Gasteiger partial charge is 0.409 e. The van der Waals surface area contributed by atoms with Gasteiger partial charge >= 0.3 is 11.1 Å². The zero-order chi connectivity index (χ0) is 12.3. The van der Waals surface area contributed by atoms with Crippen LogP contribution in [0.25, 0.3) is 0 Å². The summed E-state index contributed by atoms with van der Waals surface area (Å²) in [6.45, 7) is 0. The molecule has 0 unspecified atom stereocenters. The number of ether oxygens (including phenoxy) is 1. The van der Waals surface area contributed by atoms with Crippen molar-refractivity contribution in [3.63, 3.8) is 0 Å². The Balaban J connectivity index is 3.24. The highest BCUT2D eigenvalue weighted by molar-refractivity contribution is 6.61. The number of hydrogen-bond acceptors (Lipinski definition) is 6. The van der Waals surface area contributed by atoms with Crippen LogP contribution in [0.5, 0.6) is 5.75 Å². The minimum absolute atomic E-state index is 0.449. The van der Waals surface area contributed by atoms with Gasteiger partial charge in [-0.15, -0.1) is 0 Å². The van der Waals surface area contributed by atoms with E-state index >= 15 is 0 Å². The summed E-state index contributed by atoms with van der Waals surface area (Å²) in [5.41, 5.74) is -2.46. The molecule has 9 heteroatoms. The molecule has 0 saturated carbocycles. The number of non-ortho nitro benzene ring substituents is 1. The van der Waals surface area contributed by atoms with E-state index in [1.54, 1.807) is 0 Å². The lowest BCUT2D eigenvalue weighted by molar-refractivity contribution is -0.394. The molecule has 0 aliphatic rings. The molecule has 0 spiro atoms. The molecule has 0 heterocycles. The number of rotatable bonds is 3. The first-order valence-electron chi connectivity index (χ1n) is 3.72. The summed E-state index contributed by atoms with van der Waals surface area (Å²) >= 11 is 4.87. The number of nitrogens with zero attached hydrogens (tertiary/aromatic N) is 2. The van der Waals surface area contributed by atoms with Crippen LogP contribution in [-0.4, -0.2) is 15.3 Å². The maximum Gasteiger partial charge on any atom is 0.409 e. The minimum Gasteiger partial charge on any atom is -0.407 e. The summed E-state index contributed by atoms with van der Waals surface area (Å²) in [5, 5.41) is 20.9. The van der Waals surface area contributed by atoms with Gasteiger partial charge in [-0.2, -0.15) is 0 Å². The molecule has 1 aromatic rings. The molecule has 0 saturated heterocycles. The third kappa shape index (κ3) is 2.64. The molecule has 0 aliphatic heterocycles. The summed E-state index contributed by atoms with van der Waals surface area (Å²) in [5.74, 6) is -0.449. The summed E-state index contributed by atoms with van der Waals surface area (Å²) in [6, 6.07) is 2.56. The Morgan fingerprint density at radius 3 is 2.31 bits per heavy atom. The molecule has 0 amide bonds. The Kier molecular flexibility index (Phi) is 3.36. The normalized spacial score (nSPS) is 9.56. The molecular weight excluding hydrogens is 244 g/mol. The number of halogens is 1. The molecule has 1 rings (SSSR count). The molecule has 0 bridgehead atoms. The summed E-state index contributed by atoms with van der Waals surface area (Å²) in [6.07, 6.45) is 0. The van der Waals surface area contributed by atoms with Gasteiger partial charge in [-0.25, -0.2) is 4.79 Å². The molecule has 0 aliphatic carbocycles. The van der Waals surface area contributed by atoms with Crippen molar-refractivity contribution >= 4 is 28.4 Å². The molecule has 16 heavy (non-hydrogen) atoms. The van der Waals surface area contributed by atoms with Gasteiger partial charge in [-0.3, -0.25) is 20.2 Å². The standard InChI is InChI=1S/C7H3ClN2O6/c8-7(11)16-6-2-1-4(9(12)13)3-5(6)10(14)15/h1-3H. The van der Waals surface area contributed by atoms with Gasteiger partial charge in [0.2, 0.25) is 5.75 Å². The van der Waals surface area contributed by atoms with Gasteiger partial charge in [0.25, 0.3) is 5.69 Å². The van der Waals surface area contributed by atoms with E-state index in [2.05, 4.69) is 4.74 Å². The fourth-order valence-electron chi connectivity index (χ4n) is 0.935.